The van der Waals surface area contributed by atoms with Crippen LogP contribution in [0.1, 0.15) is 25.3 Å². The lowest BCUT2D eigenvalue weighted by atomic mass is 9.97. The molecular formula is C23H23N3O4S. The second-order valence-electron chi connectivity index (χ2n) is 6.85. The van der Waals surface area contributed by atoms with E-state index in [0.29, 0.717) is 34.7 Å². The number of primary sulfonamides is 1. The molecule has 3 rings (SSSR count). The Bertz CT molecular complexity index is 1220. The molecule has 0 saturated carbocycles. The third-order valence-corrected chi connectivity index (χ3v) is 5.61. The van der Waals surface area contributed by atoms with Crippen molar-refractivity contribution in [1.82, 2.24) is 4.98 Å². The highest BCUT2D eigenvalue weighted by Gasteiger charge is 2.17. The summed E-state index contributed by atoms with van der Waals surface area (Å²) in [4.78, 5) is 4.67. The van der Waals surface area contributed by atoms with E-state index in [1.165, 1.54) is 12.1 Å². The molecule has 1 aromatic heterocycles. The van der Waals surface area contributed by atoms with Crippen LogP contribution in [-0.2, 0) is 10.0 Å². The zero-order chi connectivity index (χ0) is 22.4. The van der Waals surface area contributed by atoms with E-state index in [4.69, 9.17) is 14.6 Å². The first kappa shape index (κ1) is 22.3. The molecule has 0 atom stereocenters. The molecule has 0 amide bonds. The molecule has 0 radical (unpaired) electrons. The molecule has 0 saturated heterocycles. The fourth-order valence-corrected chi connectivity index (χ4v) is 3.55. The SMILES string of the molecule is CCCCOc1nc(-c2cccc(OC)c2)c(-c2ccc(S(N)(=O)=O)cc2)cc1C#N. The number of hydrogen-bond acceptors (Lipinski definition) is 6. The van der Waals surface area contributed by atoms with Gasteiger partial charge in [-0.2, -0.15) is 5.26 Å². The fraction of sp³-hybridized carbons (Fsp3) is 0.217. The number of sulfonamides is 1. The number of aromatic nitrogens is 1. The number of benzene rings is 2. The third-order valence-electron chi connectivity index (χ3n) is 4.68. The van der Waals surface area contributed by atoms with Gasteiger partial charge in [-0.1, -0.05) is 37.6 Å². The van der Waals surface area contributed by atoms with Crippen LogP contribution in [0.15, 0.2) is 59.5 Å². The number of nitriles is 1. The van der Waals surface area contributed by atoms with Gasteiger partial charge in [0, 0.05) is 11.1 Å². The maximum atomic E-state index is 11.6. The van der Waals surface area contributed by atoms with Crippen molar-refractivity contribution < 1.29 is 17.9 Å². The normalized spacial score (nSPS) is 11.0. The standard InChI is InChI=1S/C23H23N3O4S/c1-3-4-12-30-23-18(15-24)14-21(16-8-10-20(11-9-16)31(25,27)28)22(26-23)17-6-5-7-19(13-17)29-2/h5-11,13-14H,3-4,12H2,1-2H3,(H2,25,27,28). The molecule has 160 valence electrons. The quantitative estimate of drug-likeness (QED) is 0.530. The average Bonchev–Trinajstić information content (AvgIpc) is 2.78. The zero-order valence-electron chi connectivity index (χ0n) is 17.3. The van der Waals surface area contributed by atoms with E-state index >= 15 is 0 Å². The molecular weight excluding hydrogens is 414 g/mol. The maximum Gasteiger partial charge on any atom is 0.238 e. The Morgan fingerprint density at radius 2 is 1.84 bits per heavy atom. The molecule has 8 heteroatoms. The Balaban J connectivity index is 2.19. The lowest BCUT2D eigenvalue weighted by molar-refractivity contribution is 0.297. The summed E-state index contributed by atoms with van der Waals surface area (Å²) in [5.41, 5.74) is 3.01. The lowest BCUT2D eigenvalue weighted by Gasteiger charge is -2.15. The van der Waals surface area contributed by atoms with Crippen LogP contribution >= 0.6 is 0 Å². The molecule has 2 aromatic carbocycles. The molecule has 0 fully saturated rings. The number of nitrogens with zero attached hydrogens (tertiary/aromatic N) is 2. The maximum absolute atomic E-state index is 11.6. The zero-order valence-corrected chi connectivity index (χ0v) is 18.1. The van der Waals surface area contributed by atoms with E-state index in [-0.39, 0.29) is 10.8 Å². The van der Waals surface area contributed by atoms with Gasteiger partial charge in [-0.05, 0) is 42.3 Å². The van der Waals surface area contributed by atoms with Gasteiger partial charge in [-0.25, -0.2) is 18.5 Å². The van der Waals surface area contributed by atoms with Crippen molar-refractivity contribution in [3.05, 3.63) is 60.2 Å². The molecule has 1 heterocycles. The topological polar surface area (TPSA) is 115 Å². The molecule has 0 aliphatic heterocycles. The number of hydrogen-bond donors (Lipinski definition) is 1. The Morgan fingerprint density at radius 3 is 2.45 bits per heavy atom. The predicted octanol–water partition coefficient (Wildman–Crippen LogP) is 4.12. The number of nitrogens with two attached hydrogens (primary N) is 1. The van der Waals surface area contributed by atoms with E-state index in [1.54, 1.807) is 25.3 Å². The van der Waals surface area contributed by atoms with E-state index in [1.807, 2.05) is 24.3 Å². The third kappa shape index (κ3) is 5.20. The smallest absolute Gasteiger partial charge is 0.238 e. The largest absolute Gasteiger partial charge is 0.497 e. The van der Waals surface area contributed by atoms with Gasteiger partial charge in [0.15, 0.2) is 0 Å². The Kier molecular flexibility index (Phi) is 6.90. The fourth-order valence-electron chi connectivity index (χ4n) is 3.03. The van der Waals surface area contributed by atoms with Crippen LogP contribution in [-0.4, -0.2) is 27.1 Å². The summed E-state index contributed by atoms with van der Waals surface area (Å²) in [6, 6.07) is 17.4. The summed E-state index contributed by atoms with van der Waals surface area (Å²) >= 11 is 0. The molecule has 0 bridgehead atoms. The van der Waals surface area contributed by atoms with E-state index in [0.717, 1.165) is 18.4 Å². The van der Waals surface area contributed by atoms with Gasteiger partial charge in [0.2, 0.25) is 15.9 Å². The number of unbranched alkanes of at least 4 members (excludes halogenated alkanes) is 1. The summed E-state index contributed by atoms with van der Waals surface area (Å²) in [6.45, 7) is 2.51. The second kappa shape index (κ2) is 9.60. The van der Waals surface area contributed by atoms with Crippen LogP contribution in [0.2, 0.25) is 0 Å². The molecule has 0 aliphatic carbocycles. The van der Waals surface area contributed by atoms with Crippen LogP contribution in [0.4, 0.5) is 0 Å². The highest BCUT2D eigenvalue weighted by atomic mass is 32.2. The van der Waals surface area contributed by atoms with Gasteiger partial charge in [-0.3, -0.25) is 0 Å². The van der Waals surface area contributed by atoms with Crippen LogP contribution in [0.3, 0.4) is 0 Å². The monoisotopic (exact) mass is 437 g/mol. The van der Waals surface area contributed by atoms with Crippen LogP contribution in [0, 0.1) is 11.3 Å². The molecule has 0 spiro atoms. The Labute approximate surface area is 182 Å². The summed E-state index contributed by atoms with van der Waals surface area (Å²) in [5, 5.41) is 14.9. The van der Waals surface area contributed by atoms with Gasteiger partial charge < -0.3 is 9.47 Å². The minimum absolute atomic E-state index is 0.00663. The first-order valence-electron chi connectivity index (χ1n) is 9.73. The highest BCUT2D eigenvalue weighted by molar-refractivity contribution is 7.89. The van der Waals surface area contributed by atoms with Crippen LogP contribution < -0.4 is 14.6 Å². The molecule has 0 aliphatic rings. The number of pyridine rings is 1. The Hall–Kier alpha value is -3.41. The lowest BCUT2D eigenvalue weighted by Crippen LogP contribution is -2.11. The van der Waals surface area contributed by atoms with Crippen molar-refractivity contribution >= 4 is 10.0 Å². The van der Waals surface area contributed by atoms with Crippen LogP contribution in [0.25, 0.3) is 22.4 Å². The molecule has 3 aromatic rings. The number of methoxy groups -OCH3 is 1. The van der Waals surface area contributed by atoms with Gasteiger partial charge in [0.1, 0.15) is 17.4 Å². The molecule has 0 unspecified atom stereocenters. The number of rotatable bonds is 8. The first-order valence-corrected chi connectivity index (χ1v) is 11.3. The second-order valence-corrected chi connectivity index (χ2v) is 8.41. The van der Waals surface area contributed by atoms with Gasteiger partial charge >= 0.3 is 0 Å². The van der Waals surface area contributed by atoms with Crippen molar-refractivity contribution in [3.63, 3.8) is 0 Å². The van der Waals surface area contributed by atoms with Crippen molar-refractivity contribution in [1.29, 1.82) is 5.26 Å². The molecule has 31 heavy (non-hydrogen) atoms. The van der Waals surface area contributed by atoms with Crippen LogP contribution in [0.5, 0.6) is 11.6 Å². The van der Waals surface area contributed by atoms with Crippen molar-refractivity contribution in [2.45, 2.75) is 24.7 Å². The Morgan fingerprint density at radius 1 is 1.10 bits per heavy atom. The van der Waals surface area contributed by atoms with Crippen molar-refractivity contribution in [3.8, 4) is 40.1 Å². The number of ether oxygens (including phenoxy) is 2. The van der Waals surface area contributed by atoms with Crippen molar-refractivity contribution in [2.75, 3.05) is 13.7 Å². The summed E-state index contributed by atoms with van der Waals surface area (Å²) < 4.78 is 34.3. The molecule has 2 N–H and O–H groups in total. The summed E-state index contributed by atoms with van der Waals surface area (Å²) in [6.07, 6.45) is 1.80. The van der Waals surface area contributed by atoms with Gasteiger partial charge in [0.25, 0.3) is 0 Å². The first-order chi connectivity index (χ1) is 14.9. The van der Waals surface area contributed by atoms with Crippen molar-refractivity contribution in [2.24, 2.45) is 5.14 Å². The van der Waals surface area contributed by atoms with Gasteiger partial charge in [-0.15, -0.1) is 0 Å². The summed E-state index contributed by atoms with van der Waals surface area (Å²) in [5.74, 6) is 0.923. The minimum atomic E-state index is -3.81. The van der Waals surface area contributed by atoms with E-state index in [9.17, 15) is 13.7 Å². The predicted molar refractivity (Wildman–Crippen MR) is 118 cm³/mol. The van der Waals surface area contributed by atoms with Gasteiger partial charge in [0.05, 0.1) is 24.3 Å². The highest BCUT2D eigenvalue weighted by Crippen LogP contribution is 2.36. The summed E-state index contributed by atoms with van der Waals surface area (Å²) in [7, 11) is -2.23. The van der Waals surface area contributed by atoms with E-state index < -0.39 is 10.0 Å². The minimum Gasteiger partial charge on any atom is -0.497 e. The molecule has 7 nitrogen and oxygen atoms in total. The van der Waals surface area contributed by atoms with E-state index in [2.05, 4.69) is 18.0 Å². The average molecular weight is 438 g/mol.